The highest BCUT2D eigenvalue weighted by Crippen LogP contribution is 2.23. The normalized spacial score (nSPS) is 10.8. The van der Waals surface area contributed by atoms with Crippen molar-refractivity contribution in [3.63, 3.8) is 0 Å². The molecule has 4 heteroatoms. The maximum absolute atomic E-state index is 4.41. The summed E-state index contributed by atoms with van der Waals surface area (Å²) in [5.41, 5.74) is 1.01. The third-order valence-electron chi connectivity index (χ3n) is 2.78. The van der Waals surface area contributed by atoms with Gasteiger partial charge in [-0.25, -0.2) is 9.97 Å². The van der Waals surface area contributed by atoms with Crippen molar-refractivity contribution in [3.8, 4) is 0 Å². The molecule has 0 atom stereocenters. The molecule has 0 bridgehead atoms. The Labute approximate surface area is 115 Å². The molecule has 0 aliphatic carbocycles. The molecule has 1 aromatic heterocycles. The molecule has 1 heterocycles. The van der Waals surface area contributed by atoms with Gasteiger partial charge in [-0.3, -0.25) is 0 Å². The number of rotatable bonds is 4. The lowest BCUT2D eigenvalue weighted by atomic mass is 10.2. The van der Waals surface area contributed by atoms with Crippen LogP contribution in [0.1, 0.15) is 19.8 Å². The fraction of sp³-hybridized carbons (Fsp3) is 0.385. The quantitative estimate of drug-likeness (QED) is 0.798. The minimum absolute atomic E-state index is 1.01. The molecule has 0 aliphatic rings. The number of halogens is 1. The average molecular weight is 341 g/mol. The van der Waals surface area contributed by atoms with Gasteiger partial charge in [0.05, 0.1) is 5.52 Å². The van der Waals surface area contributed by atoms with E-state index in [0.29, 0.717) is 0 Å². The summed E-state index contributed by atoms with van der Waals surface area (Å²) < 4.78 is 1.22. The number of fused-ring (bicyclic) bond motifs is 1. The van der Waals surface area contributed by atoms with E-state index in [1.807, 2.05) is 0 Å². The average Bonchev–Trinajstić information content (AvgIpc) is 2.35. The lowest BCUT2D eigenvalue weighted by Gasteiger charge is -2.19. The highest BCUT2D eigenvalue weighted by Gasteiger charge is 2.08. The SMILES string of the molecule is CCCCN(C)c1ncnc2ccc(I)cc12. The van der Waals surface area contributed by atoms with E-state index in [9.17, 15) is 0 Å². The van der Waals surface area contributed by atoms with Gasteiger partial charge in [0.2, 0.25) is 0 Å². The zero-order chi connectivity index (χ0) is 12.3. The summed E-state index contributed by atoms with van der Waals surface area (Å²) in [6.07, 6.45) is 4.03. The summed E-state index contributed by atoms with van der Waals surface area (Å²) in [6, 6.07) is 6.27. The van der Waals surface area contributed by atoms with Crippen LogP contribution in [-0.4, -0.2) is 23.6 Å². The first-order valence-electron chi connectivity index (χ1n) is 5.83. The summed E-state index contributed by atoms with van der Waals surface area (Å²) in [4.78, 5) is 10.9. The van der Waals surface area contributed by atoms with E-state index in [0.717, 1.165) is 23.3 Å². The molecule has 0 saturated heterocycles. The van der Waals surface area contributed by atoms with Crippen molar-refractivity contribution in [1.82, 2.24) is 9.97 Å². The lowest BCUT2D eigenvalue weighted by Crippen LogP contribution is -2.20. The van der Waals surface area contributed by atoms with Crippen LogP contribution in [0.4, 0.5) is 5.82 Å². The topological polar surface area (TPSA) is 29.0 Å². The van der Waals surface area contributed by atoms with Crippen LogP contribution in [0.15, 0.2) is 24.5 Å². The number of aromatic nitrogens is 2. The number of anilines is 1. The van der Waals surface area contributed by atoms with Gasteiger partial charge in [0, 0.05) is 22.5 Å². The van der Waals surface area contributed by atoms with Crippen LogP contribution in [0.25, 0.3) is 10.9 Å². The summed E-state index contributed by atoms with van der Waals surface area (Å²) in [5, 5.41) is 1.14. The fourth-order valence-corrected chi connectivity index (χ4v) is 2.31. The van der Waals surface area contributed by atoms with Crippen molar-refractivity contribution in [2.24, 2.45) is 0 Å². The lowest BCUT2D eigenvalue weighted by molar-refractivity contribution is 0.761. The summed E-state index contributed by atoms with van der Waals surface area (Å²) >= 11 is 2.32. The number of unbranched alkanes of at least 4 members (excludes halogenated alkanes) is 1. The van der Waals surface area contributed by atoms with Crippen LogP contribution >= 0.6 is 22.6 Å². The molecule has 0 aliphatic heterocycles. The Morgan fingerprint density at radius 1 is 1.29 bits per heavy atom. The third-order valence-corrected chi connectivity index (χ3v) is 3.46. The van der Waals surface area contributed by atoms with Crippen molar-refractivity contribution in [1.29, 1.82) is 0 Å². The first kappa shape index (κ1) is 12.5. The summed E-state index contributed by atoms with van der Waals surface area (Å²) in [6.45, 7) is 3.24. The second-order valence-corrected chi connectivity index (χ2v) is 5.38. The van der Waals surface area contributed by atoms with Gasteiger partial charge >= 0.3 is 0 Å². The Balaban J connectivity index is 2.42. The Bertz CT molecular complexity index is 513. The van der Waals surface area contributed by atoms with E-state index >= 15 is 0 Å². The van der Waals surface area contributed by atoms with Gasteiger partial charge < -0.3 is 4.90 Å². The third kappa shape index (κ3) is 2.86. The fourth-order valence-electron chi connectivity index (χ4n) is 1.82. The van der Waals surface area contributed by atoms with E-state index in [2.05, 4.69) is 69.6 Å². The van der Waals surface area contributed by atoms with E-state index in [1.165, 1.54) is 16.4 Å². The summed E-state index contributed by atoms with van der Waals surface area (Å²) in [5.74, 6) is 1.03. The Morgan fingerprint density at radius 2 is 2.12 bits per heavy atom. The second kappa shape index (κ2) is 5.62. The molecular formula is C13H16IN3. The van der Waals surface area contributed by atoms with Crippen LogP contribution in [0.3, 0.4) is 0 Å². The van der Waals surface area contributed by atoms with Crippen molar-refractivity contribution in [2.45, 2.75) is 19.8 Å². The molecule has 0 unspecified atom stereocenters. The molecule has 1 aromatic carbocycles. The zero-order valence-corrected chi connectivity index (χ0v) is 12.3. The maximum Gasteiger partial charge on any atom is 0.139 e. The molecule has 17 heavy (non-hydrogen) atoms. The standard InChI is InChI=1S/C13H16IN3/c1-3-4-7-17(2)13-11-8-10(14)5-6-12(11)15-9-16-13/h5-6,8-9H,3-4,7H2,1-2H3. The van der Waals surface area contributed by atoms with E-state index < -0.39 is 0 Å². The first-order chi connectivity index (χ1) is 8.22. The van der Waals surface area contributed by atoms with Crippen molar-refractivity contribution >= 4 is 39.3 Å². The highest BCUT2D eigenvalue weighted by molar-refractivity contribution is 14.1. The first-order valence-corrected chi connectivity index (χ1v) is 6.91. The minimum atomic E-state index is 1.01. The van der Waals surface area contributed by atoms with Gasteiger partial charge in [0.25, 0.3) is 0 Å². The number of nitrogens with zero attached hydrogens (tertiary/aromatic N) is 3. The van der Waals surface area contributed by atoms with Gasteiger partial charge in [-0.1, -0.05) is 13.3 Å². The van der Waals surface area contributed by atoms with Crippen LogP contribution in [0, 0.1) is 3.57 Å². The molecule has 0 spiro atoms. The van der Waals surface area contributed by atoms with Crippen molar-refractivity contribution in [2.75, 3.05) is 18.5 Å². The van der Waals surface area contributed by atoms with Gasteiger partial charge in [0.15, 0.2) is 0 Å². The van der Waals surface area contributed by atoms with E-state index in [1.54, 1.807) is 6.33 Å². The van der Waals surface area contributed by atoms with E-state index in [-0.39, 0.29) is 0 Å². The molecule has 2 aromatic rings. The maximum atomic E-state index is 4.41. The predicted octanol–water partition coefficient (Wildman–Crippen LogP) is 3.47. The van der Waals surface area contributed by atoms with Gasteiger partial charge in [-0.15, -0.1) is 0 Å². The minimum Gasteiger partial charge on any atom is -0.359 e. The van der Waals surface area contributed by atoms with Gasteiger partial charge in [-0.2, -0.15) is 0 Å². The van der Waals surface area contributed by atoms with Gasteiger partial charge in [0.1, 0.15) is 12.1 Å². The van der Waals surface area contributed by atoms with Crippen molar-refractivity contribution in [3.05, 3.63) is 28.1 Å². The Morgan fingerprint density at radius 3 is 2.88 bits per heavy atom. The predicted molar refractivity (Wildman–Crippen MR) is 80.4 cm³/mol. The van der Waals surface area contributed by atoms with Crippen molar-refractivity contribution < 1.29 is 0 Å². The molecule has 0 radical (unpaired) electrons. The molecule has 90 valence electrons. The molecule has 2 rings (SSSR count). The van der Waals surface area contributed by atoms with E-state index in [4.69, 9.17) is 0 Å². The van der Waals surface area contributed by atoms with Gasteiger partial charge in [-0.05, 0) is 47.2 Å². The Kier molecular flexibility index (Phi) is 4.15. The number of benzene rings is 1. The van der Waals surface area contributed by atoms with Crippen LogP contribution in [-0.2, 0) is 0 Å². The van der Waals surface area contributed by atoms with Crippen LogP contribution in [0.5, 0.6) is 0 Å². The second-order valence-electron chi connectivity index (χ2n) is 4.13. The number of hydrogen-bond acceptors (Lipinski definition) is 3. The smallest absolute Gasteiger partial charge is 0.139 e. The molecule has 0 N–H and O–H groups in total. The molecule has 0 saturated carbocycles. The van der Waals surface area contributed by atoms with Crippen LogP contribution < -0.4 is 4.90 Å². The molecule has 3 nitrogen and oxygen atoms in total. The Hall–Kier alpha value is -0.910. The molecule has 0 fully saturated rings. The summed E-state index contributed by atoms with van der Waals surface area (Å²) in [7, 11) is 2.09. The largest absolute Gasteiger partial charge is 0.359 e. The highest BCUT2D eigenvalue weighted by atomic mass is 127. The van der Waals surface area contributed by atoms with Crippen LogP contribution in [0.2, 0.25) is 0 Å². The molecular weight excluding hydrogens is 325 g/mol. The molecule has 0 amide bonds. The monoisotopic (exact) mass is 341 g/mol. The number of hydrogen-bond donors (Lipinski definition) is 0. The zero-order valence-electron chi connectivity index (χ0n) is 10.2.